The van der Waals surface area contributed by atoms with Crippen LogP contribution in [0.3, 0.4) is 0 Å². The van der Waals surface area contributed by atoms with Gasteiger partial charge in [0.2, 0.25) is 0 Å². The fraction of sp³-hybridized carbons (Fsp3) is 0.409. The second-order valence-corrected chi connectivity index (χ2v) is 7.76. The van der Waals surface area contributed by atoms with E-state index in [-0.39, 0.29) is 17.9 Å². The van der Waals surface area contributed by atoms with Gasteiger partial charge in [-0.3, -0.25) is 9.59 Å². The van der Waals surface area contributed by atoms with Crippen LogP contribution in [0.2, 0.25) is 0 Å². The lowest BCUT2D eigenvalue weighted by atomic mass is 9.67. The normalized spacial score (nSPS) is 27.1. The first kappa shape index (κ1) is 17.7. The largest absolute Gasteiger partial charge is 0.481 e. The molecule has 2 saturated carbocycles. The number of hydrogen-bond donors (Lipinski definition) is 1. The highest BCUT2D eigenvalue weighted by Gasteiger charge is 2.41. The lowest BCUT2D eigenvalue weighted by Gasteiger charge is -2.41. The average molecular weight is 366 g/mol. The molecule has 5 heteroatoms. The zero-order valence-corrected chi connectivity index (χ0v) is 15.0. The molecule has 0 heterocycles. The van der Waals surface area contributed by atoms with Gasteiger partial charge in [0.25, 0.3) is 0 Å². The molecule has 5 nitrogen and oxygen atoms in total. The van der Waals surface area contributed by atoms with Crippen LogP contribution in [0, 0.1) is 17.8 Å². The van der Waals surface area contributed by atoms with Gasteiger partial charge < -0.3 is 9.84 Å². The average Bonchev–Trinajstić information content (AvgIpc) is 2.69. The minimum atomic E-state index is -0.743. The van der Waals surface area contributed by atoms with Crippen LogP contribution in [0.25, 0.3) is 10.8 Å². The molecule has 4 rings (SSSR count). The maximum atomic E-state index is 12.9. The first-order valence-corrected chi connectivity index (χ1v) is 9.47. The summed E-state index contributed by atoms with van der Waals surface area (Å²) in [5, 5.41) is 10.8. The third-order valence-electron chi connectivity index (χ3n) is 6.14. The van der Waals surface area contributed by atoms with E-state index in [0.29, 0.717) is 28.9 Å². The third kappa shape index (κ3) is 3.34. The molecule has 0 aliphatic heterocycles. The highest BCUT2D eigenvalue weighted by molar-refractivity contribution is 6.09. The number of carboxylic acids is 1. The first-order valence-electron chi connectivity index (χ1n) is 9.47. The van der Waals surface area contributed by atoms with Crippen LogP contribution in [-0.2, 0) is 9.53 Å². The van der Waals surface area contributed by atoms with E-state index in [4.69, 9.17) is 4.74 Å². The number of carbonyl (C=O) groups is 3. The third-order valence-corrected chi connectivity index (χ3v) is 6.14. The summed E-state index contributed by atoms with van der Waals surface area (Å²) < 4.78 is 5.85. The molecule has 4 atom stereocenters. The van der Waals surface area contributed by atoms with Crippen LogP contribution in [0.1, 0.15) is 52.8 Å². The lowest BCUT2D eigenvalue weighted by molar-refractivity contribution is -0.145. The van der Waals surface area contributed by atoms with Crippen LogP contribution in [0.5, 0.6) is 0 Å². The summed E-state index contributed by atoms with van der Waals surface area (Å²) in [4.78, 5) is 35.5. The van der Waals surface area contributed by atoms with Crippen molar-refractivity contribution >= 4 is 29.0 Å². The number of carbonyl (C=O) groups excluding carboxylic acids is 2. The van der Waals surface area contributed by atoms with E-state index >= 15 is 0 Å². The minimum Gasteiger partial charge on any atom is -0.481 e. The predicted octanol–water partition coefficient (Wildman–Crippen LogP) is 4.09. The summed E-state index contributed by atoms with van der Waals surface area (Å²) in [6.45, 7) is 0. The summed E-state index contributed by atoms with van der Waals surface area (Å²) in [6.07, 6.45) is 4.50. The van der Waals surface area contributed by atoms with E-state index in [9.17, 15) is 19.5 Å². The number of aliphatic carboxylic acids is 1. The summed E-state index contributed by atoms with van der Waals surface area (Å²) in [6, 6.07) is 10.6. The van der Waals surface area contributed by atoms with Crippen LogP contribution in [0.15, 0.2) is 36.4 Å². The predicted molar refractivity (Wildman–Crippen MR) is 99.7 cm³/mol. The van der Waals surface area contributed by atoms with Crippen LogP contribution < -0.4 is 0 Å². The molecule has 140 valence electrons. The Balaban J connectivity index is 1.57. The van der Waals surface area contributed by atoms with Crippen LogP contribution >= 0.6 is 0 Å². The summed E-state index contributed by atoms with van der Waals surface area (Å²) in [5.74, 6) is -0.935. The number of fused-ring (bicyclic) bond motifs is 3. The molecule has 2 aliphatic carbocycles. The molecule has 2 aromatic rings. The van der Waals surface area contributed by atoms with Gasteiger partial charge in [-0.25, -0.2) is 4.79 Å². The van der Waals surface area contributed by atoms with Gasteiger partial charge in [0, 0.05) is 5.56 Å². The van der Waals surface area contributed by atoms with Crippen molar-refractivity contribution in [3.63, 3.8) is 0 Å². The maximum Gasteiger partial charge on any atom is 0.339 e. The van der Waals surface area contributed by atoms with Crippen molar-refractivity contribution in [1.82, 2.24) is 0 Å². The fourth-order valence-electron chi connectivity index (χ4n) is 4.82. The molecular weight excluding hydrogens is 344 g/mol. The first-order chi connectivity index (χ1) is 13.1. The van der Waals surface area contributed by atoms with Crippen molar-refractivity contribution in [1.29, 1.82) is 0 Å². The molecule has 1 N–H and O–H groups in total. The Labute approximate surface area is 157 Å². The van der Waals surface area contributed by atoms with Crippen LogP contribution in [-0.4, -0.2) is 29.4 Å². The van der Waals surface area contributed by atoms with Crippen molar-refractivity contribution in [3.8, 4) is 0 Å². The van der Waals surface area contributed by atoms with Crippen molar-refractivity contribution in [2.75, 3.05) is 0 Å². The molecule has 0 aromatic heterocycles. The van der Waals surface area contributed by atoms with E-state index < -0.39 is 11.9 Å². The number of ether oxygens (including phenoxy) is 1. The van der Waals surface area contributed by atoms with Gasteiger partial charge in [-0.1, -0.05) is 30.3 Å². The molecule has 27 heavy (non-hydrogen) atoms. The molecule has 4 unspecified atom stereocenters. The molecule has 0 amide bonds. The minimum absolute atomic E-state index is 0.114. The molecule has 2 aliphatic rings. The van der Waals surface area contributed by atoms with Crippen molar-refractivity contribution in [2.45, 2.75) is 38.2 Å². The van der Waals surface area contributed by atoms with E-state index in [2.05, 4.69) is 0 Å². The number of hydrogen-bond acceptors (Lipinski definition) is 4. The summed E-state index contributed by atoms with van der Waals surface area (Å²) in [7, 11) is 0. The Bertz CT molecular complexity index is 903. The van der Waals surface area contributed by atoms with Gasteiger partial charge in [-0.2, -0.15) is 0 Å². The maximum absolute atomic E-state index is 12.9. The molecule has 2 bridgehead atoms. The zero-order chi connectivity index (χ0) is 19.0. The molecule has 2 aromatic carbocycles. The summed E-state index contributed by atoms with van der Waals surface area (Å²) >= 11 is 0. The smallest absolute Gasteiger partial charge is 0.339 e. The Morgan fingerprint density at radius 1 is 1.00 bits per heavy atom. The van der Waals surface area contributed by atoms with Gasteiger partial charge in [0.15, 0.2) is 6.29 Å². The molecule has 0 radical (unpaired) electrons. The number of carboxylic acid groups (broad SMARTS) is 1. The number of aldehydes is 1. The molecule has 0 spiro atoms. The van der Waals surface area contributed by atoms with E-state index in [0.717, 1.165) is 37.4 Å². The van der Waals surface area contributed by atoms with E-state index in [1.165, 1.54) is 0 Å². The Kier molecular flexibility index (Phi) is 4.68. The van der Waals surface area contributed by atoms with Gasteiger partial charge in [0.05, 0.1) is 11.5 Å². The highest BCUT2D eigenvalue weighted by atomic mass is 16.5. The van der Waals surface area contributed by atoms with E-state index in [1.807, 2.05) is 24.3 Å². The quantitative estimate of drug-likeness (QED) is 0.651. The zero-order valence-electron chi connectivity index (χ0n) is 15.0. The Morgan fingerprint density at radius 2 is 1.78 bits per heavy atom. The number of rotatable bonds is 4. The Morgan fingerprint density at radius 3 is 2.52 bits per heavy atom. The number of benzene rings is 2. The number of esters is 1. The Hall–Kier alpha value is -2.69. The van der Waals surface area contributed by atoms with Gasteiger partial charge in [-0.15, -0.1) is 0 Å². The topological polar surface area (TPSA) is 80.7 Å². The fourth-order valence-corrected chi connectivity index (χ4v) is 4.82. The SMILES string of the molecule is O=Cc1ccc(C(=O)OC2CCC3CC(C(=O)O)CC2C3)c2ccccc12. The lowest BCUT2D eigenvalue weighted by Crippen LogP contribution is -2.40. The van der Waals surface area contributed by atoms with Crippen molar-refractivity contribution in [2.24, 2.45) is 17.8 Å². The summed E-state index contributed by atoms with van der Waals surface area (Å²) in [5.41, 5.74) is 0.989. The van der Waals surface area contributed by atoms with Gasteiger partial charge in [-0.05, 0) is 60.8 Å². The molecule has 0 saturated heterocycles. The van der Waals surface area contributed by atoms with Crippen molar-refractivity contribution < 1.29 is 24.2 Å². The van der Waals surface area contributed by atoms with Gasteiger partial charge in [0.1, 0.15) is 6.10 Å². The standard InChI is InChI=1S/C22H22O5/c23-12-14-6-7-19(18-4-2-1-3-17(14)18)22(26)27-20-8-5-13-9-15(20)11-16(10-13)21(24)25/h1-4,6-7,12-13,15-16,20H,5,8-11H2,(H,24,25). The molecular formula is C22H22O5. The van der Waals surface area contributed by atoms with Gasteiger partial charge >= 0.3 is 11.9 Å². The molecule has 2 fully saturated rings. The second-order valence-electron chi connectivity index (χ2n) is 7.76. The highest BCUT2D eigenvalue weighted by Crippen LogP contribution is 2.44. The van der Waals surface area contributed by atoms with Crippen LogP contribution in [0.4, 0.5) is 0 Å². The monoisotopic (exact) mass is 366 g/mol. The second kappa shape index (κ2) is 7.14. The van der Waals surface area contributed by atoms with Crippen molar-refractivity contribution in [3.05, 3.63) is 47.5 Å². The van der Waals surface area contributed by atoms with E-state index in [1.54, 1.807) is 12.1 Å².